The third-order valence-corrected chi connectivity index (χ3v) is 4.90. The van der Waals surface area contributed by atoms with Crippen LogP contribution in [-0.4, -0.2) is 18.1 Å². The SMILES string of the molecule is CCCCCSCC(NCCC)c1ccc(C)c(C)c1. The molecule has 1 aromatic carbocycles. The van der Waals surface area contributed by atoms with E-state index in [1.807, 2.05) is 0 Å². The Bertz CT molecular complexity index is 376. The van der Waals surface area contributed by atoms with Crippen molar-refractivity contribution in [3.63, 3.8) is 0 Å². The van der Waals surface area contributed by atoms with Crippen molar-refractivity contribution in [3.8, 4) is 0 Å². The lowest BCUT2D eigenvalue weighted by molar-refractivity contribution is 0.577. The van der Waals surface area contributed by atoms with Crippen LogP contribution >= 0.6 is 11.8 Å². The van der Waals surface area contributed by atoms with Crippen molar-refractivity contribution in [2.75, 3.05) is 18.1 Å². The van der Waals surface area contributed by atoms with Crippen molar-refractivity contribution >= 4 is 11.8 Å². The Morgan fingerprint density at radius 1 is 1.05 bits per heavy atom. The highest BCUT2D eigenvalue weighted by atomic mass is 32.2. The molecule has 0 saturated heterocycles. The smallest absolute Gasteiger partial charge is 0.0411 e. The van der Waals surface area contributed by atoms with Crippen LogP contribution in [0.3, 0.4) is 0 Å². The van der Waals surface area contributed by atoms with Crippen molar-refractivity contribution in [2.45, 2.75) is 59.4 Å². The molecule has 0 amide bonds. The molecule has 114 valence electrons. The second-order valence-corrected chi connectivity index (χ2v) is 6.78. The second kappa shape index (κ2) is 10.3. The molecule has 0 aromatic heterocycles. The van der Waals surface area contributed by atoms with Crippen LogP contribution in [-0.2, 0) is 0 Å². The monoisotopic (exact) mass is 293 g/mol. The Morgan fingerprint density at radius 3 is 2.50 bits per heavy atom. The van der Waals surface area contributed by atoms with Crippen molar-refractivity contribution in [2.24, 2.45) is 0 Å². The van der Waals surface area contributed by atoms with Crippen LogP contribution in [0, 0.1) is 13.8 Å². The standard InChI is InChI=1S/C18H31NS/c1-5-7-8-12-20-14-18(19-11-6-2)17-10-9-15(3)16(4)13-17/h9-10,13,18-19H,5-8,11-12,14H2,1-4H3. The highest BCUT2D eigenvalue weighted by molar-refractivity contribution is 7.99. The Morgan fingerprint density at radius 2 is 1.85 bits per heavy atom. The molecule has 0 aliphatic rings. The fraction of sp³-hybridized carbons (Fsp3) is 0.667. The van der Waals surface area contributed by atoms with Gasteiger partial charge in [-0.2, -0.15) is 11.8 Å². The molecule has 0 fully saturated rings. The van der Waals surface area contributed by atoms with Gasteiger partial charge in [-0.25, -0.2) is 0 Å². The Balaban J connectivity index is 2.55. The molecule has 2 heteroatoms. The largest absolute Gasteiger partial charge is 0.309 e. The molecule has 0 spiro atoms. The summed E-state index contributed by atoms with van der Waals surface area (Å²) in [5.41, 5.74) is 4.24. The number of aryl methyl sites for hydroxylation is 2. The fourth-order valence-electron chi connectivity index (χ4n) is 2.23. The van der Waals surface area contributed by atoms with E-state index in [1.54, 1.807) is 0 Å². The van der Waals surface area contributed by atoms with Crippen LogP contribution in [0.5, 0.6) is 0 Å². The van der Waals surface area contributed by atoms with Gasteiger partial charge < -0.3 is 5.32 Å². The number of unbranched alkanes of at least 4 members (excludes halogenated alkanes) is 2. The molecule has 0 radical (unpaired) electrons. The summed E-state index contributed by atoms with van der Waals surface area (Å²) in [7, 11) is 0. The van der Waals surface area contributed by atoms with Gasteiger partial charge in [0.1, 0.15) is 0 Å². The number of thioether (sulfide) groups is 1. The lowest BCUT2D eigenvalue weighted by Gasteiger charge is -2.20. The van der Waals surface area contributed by atoms with Crippen LogP contribution in [0.2, 0.25) is 0 Å². The van der Waals surface area contributed by atoms with Gasteiger partial charge in [0.05, 0.1) is 0 Å². The van der Waals surface area contributed by atoms with Gasteiger partial charge in [-0.3, -0.25) is 0 Å². The molecular formula is C18H31NS. The van der Waals surface area contributed by atoms with E-state index < -0.39 is 0 Å². The van der Waals surface area contributed by atoms with Crippen molar-refractivity contribution in [1.82, 2.24) is 5.32 Å². The maximum absolute atomic E-state index is 3.70. The quantitative estimate of drug-likeness (QED) is 0.590. The molecule has 0 bridgehead atoms. The third-order valence-electron chi connectivity index (χ3n) is 3.75. The van der Waals surface area contributed by atoms with Crippen molar-refractivity contribution in [3.05, 3.63) is 34.9 Å². The lowest BCUT2D eigenvalue weighted by atomic mass is 10.0. The maximum Gasteiger partial charge on any atom is 0.0411 e. The molecule has 1 nitrogen and oxygen atoms in total. The van der Waals surface area contributed by atoms with Gasteiger partial charge in [0.15, 0.2) is 0 Å². The molecule has 0 aliphatic carbocycles. The molecular weight excluding hydrogens is 262 g/mol. The van der Waals surface area contributed by atoms with E-state index in [-0.39, 0.29) is 0 Å². The zero-order valence-corrected chi connectivity index (χ0v) is 14.5. The molecule has 0 heterocycles. The zero-order valence-electron chi connectivity index (χ0n) is 13.7. The van der Waals surface area contributed by atoms with Crippen LogP contribution in [0.1, 0.15) is 62.3 Å². The molecule has 0 saturated carbocycles. The summed E-state index contributed by atoms with van der Waals surface area (Å²) in [6.45, 7) is 10.0. The van der Waals surface area contributed by atoms with Crippen molar-refractivity contribution in [1.29, 1.82) is 0 Å². The van der Waals surface area contributed by atoms with Gasteiger partial charge in [0, 0.05) is 11.8 Å². The predicted molar refractivity (Wildman–Crippen MR) is 93.8 cm³/mol. The summed E-state index contributed by atoms with van der Waals surface area (Å²) < 4.78 is 0. The number of nitrogens with one attached hydrogen (secondary N) is 1. The van der Waals surface area contributed by atoms with E-state index in [1.165, 1.54) is 53.9 Å². The molecule has 1 atom stereocenters. The van der Waals surface area contributed by atoms with Crippen molar-refractivity contribution < 1.29 is 0 Å². The Hall–Kier alpha value is -0.470. The van der Waals surface area contributed by atoms with Gasteiger partial charge >= 0.3 is 0 Å². The normalized spacial score (nSPS) is 12.6. The number of hydrogen-bond acceptors (Lipinski definition) is 2. The summed E-state index contributed by atoms with van der Waals surface area (Å²) in [6, 6.07) is 7.41. The molecule has 20 heavy (non-hydrogen) atoms. The Kier molecular flexibility index (Phi) is 9.04. The summed E-state index contributed by atoms with van der Waals surface area (Å²) in [4.78, 5) is 0. The highest BCUT2D eigenvalue weighted by Gasteiger charge is 2.11. The molecule has 1 N–H and O–H groups in total. The molecule has 1 aromatic rings. The molecule has 1 unspecified atom stereocenters. The molecule has 0 aliphatic heterocycles. The van der Waals surface area contributed by atoms with E-state index in [9.17, 15) is 0 Å². The summed E-state index contributed by atoms with van der Waals surface area (Å²) in [5, 5.41) is 3.70. The van der Waals surface area contributed by atoms with Crippen LogP contribution in [0.15, 0.2) is 18.2 Å². The number of hydrogen-bond donors (Lipinski definition) is 1. The maximum atomic E-state index is 3.70. The topological polar surface area (TPSA) is 12.0 Å². The minimum atomic E-state index is 0.501. The van der Waals surface area contributed by atoms with Gasteiger partial charge in [0.2, 0.25) is 0 Å². The zero-order chi connectivity index (χ0) is 14.8. The summed E-state index contributed by atoms with van der Waals surface area (Å²) >= 11 is 2.09. The highest BCUT2D eigenvalue weighted by Crippen LogP contribution is 2.22. The fourth-order valence-corrected chi connectivity index (χ4v) is 3.35. The first-order chi connectivity index (χ1) is 9.69. The third kappa shape index (κ3) is 6.32. The number of benzene rings is 1. The van der Waals surface area contributed by atoms with E-state index in [2.05, 4.69) is 63.0 Å². The predicted octanol–water partition coefficient (Wildman–Crippen LogP) is 5.27. The van der Waals surface area contributed by atoms with E-state index in [0.717, 1.165) is 6.54 Å². The summed E-state index contributed by atoms with van der Waals surface area (Å²) in [6.07, 6.45) is 5.23. The van der Waals surface area contributed by atoms with Crippen LogP contribution in [0.4, 0.5) is 0 Å². The minimum Gasteiger partial charge on any atom is -0.309 e. The van der Waals surface area contributed by atoms with Gasteiger partial charge in [-0.15, -0.1) is 0 Å². The van der Waals surface area contributed by atoms with E-state index >= 15 is 0 Å². The average molecular weight is 294 g/mol. The van der Waals surface area contributed by atoms with Crippen LogP contribution < -0.4 is 5.32 Å². The first-order valence-electron chi connectivity index (χ1n) is 8.07. The minimum absolute atomic E-state index is 0.501. The molecule has 1 rings (SSSR count). The van der Waals surface area contributed by atoms with Gasteiger partial charge in [0.25, 0.3) is 0 Å². The van der Waals surface area contributed by atoms with Crippen LogP contribution in [0.25, 0.3) is 0 Å². The van der Waals surface area contributed by atoms with Gasteiger partial charge in [-0.1, -0.05) is 44.9 Å². The Labute approximate surface area is 129 Å². The average Bonchev–Trinajstić information content (AvgIpc) is 2.45. The second-order valence-electron chi connectivity index (χ2n) is 5.63. The van der Waals surface area contributed by atoms with E-state index in [4.69, 9.17) is 0 Å². The lowest BCUT2D eigenvalue weighted by Crippen LogP contribution is -2.24. The number of rotatable bonds is 10. The first kappa shape index (κ1) is 17.6. The van der Waals surface area contributed by atoms with Gasteiger partial charge in [-0.05, 0) is 55.7 Å². The first-order valence-corrected chi connectivity index (χ1v) is 9.22. The van der Waals surface area contributed by atoms with E-state index in [0.29, 0.717) is 6.04 Å². The summed E-state index contributed by atoms with van der Waals surface area (Å²) in [5.74, 6) is 2.48.